The third kappa shape index (κ3) is 6.72. The van der Waals surface area contributed by atoms with E-state index in [4.69, 9.17) is 0 Å². The molecule has 0 saturated heterocycles. The molecule has 0 bridgehead atoms. The molecule has 0 aliphatic rings. The lowest BCUT2D eigenvalue weighted by atomic mass is 10.1. The maximum Gasteiger partial charge on any atom is 0.434 e. The molecule has 144 valence electrons. The molecular weight excluding hydrogens is 480 g/mol. The summed E-state index contributed by atoms with van der Waals surface area (Å²) < 4.78 is 37.7. The molecule has 0 spiro atoms. The number of alkyl halides is 3. The van der Waals surface area contributed by atoms with Crippen molar-refractivity contribution in [2.24, 2.45) is 4.99 Å². The molecule has 26 heavy (non-hydrogen) atoms. The highest BCUT2D eigenvalue weighted by Gasteiger charge is 2.33. The summed E-state index contributed by atoms with van der Waals surface area (Å²) in [4.78, 5) is 7.98. The first-order chi connectivity index (χ1) is 11.9. The van der Waals surface area contributed by atoms with Gasteiger partial charge in [-0.25, -0.2) is 9.98 Å². The maximum atomic E-state index is 12.6. The van der Waals surface area contributed by atoms with Gasteiger partial charge in [0.15, 0.2) is 11.7 Å². The van der Waals surface area contributed by atoms with Crippen molar-refractivity contribution in [1.29, 1.82) is 0 Å². The van der Waals surface area contributed by atoms with E-state index >= 15 is 0 Å². The number of halogens is 4. The van der Waals surface area contributed by atoms with Crippen molar-refractivity contribution in [2.45, 2.75) is 32.8 Å². The van der Waals surface area contributed by atoms with Crippen LogP contribution in [0.15, 0.2) is 34.6 Å². The lowest BCUT2D eigenvalue weighted by molar-refractivity contribution is -0.140. The SMILES string of the molecule is CCNC(=NCc1ccccc1CO)NCc1nc(C(F)(F)F)cs1.I. The molecule has 3 N–H and O–H groups in total. The van der Waals surface area contributed by atoms with Crippen molar-refractivity contribution < 1.29 is 18.3 Å². The van der Waals surface area contributed by atoms with E-state index in [1.165, 1.54) is 0 Å². The van der Waals surface area contributed by atoms with E-state index in [0.29, 0.717) is 24.1 Å². The van der Waals surface area contributed by atoms with Crippen LogP contribution < -0.4 is 10.6 Å². The van der Waals surface area contributed by atoms with Crippen LogP contribution in [0.5, 0.6) is 0 Å². The van der Waals surface area contributed by atoms with Crippen LogP contribution in [0, 0.1) is 0 Å². The molecule has 0 fully saturated rings. The van der Waals surface area contributed by atoms with Crippen LogP contribution in [0.4, 0.5) is 13.2 Å². The van der Waals surface area contributed by atoms with Gasteiger partial charge in [0.05, 0.1) is 19.7 Å². The zero-order valence-corrected chi connectivity index (χ0v) is 17.2. The van der Waals surface area contributed by atoms with Gasteiger partial charge in [0, 0.05) is 11.9 Å². The molecule has 0 aliphatic carbocycles. The normalized spacial score (nSPS) is 11.8. The first kappa shape index (κ1) is 22.6. The van der Waals surface area contributed by atoms with Crippen molar-refractivity contribution in [1.82, 2.24) is 15.6 Å². The molecular formula is C16H20F3IN4OS. The molecule has 0 saturated carbocycles. The highest BCUT2D eigenvalue weighted by Crippen LogP contribution is 2.29. The molecule has 5 nitrogen and oxygen atoms in total. The lowest BCUT2D eigenvalue weighted by Crippen LogP contribution is -2.36. The van der Waals surface area contributed by atoms with Crippen molar-refractivity contribution in [3.8, 4) is 0 Å². The minimum Gasteiger partial charge on any atom is -0.392 e. The summed E-state index contributed by atoms with van der Waals surface area (Å²) >= 11 is 0.948. The molecule has 0 aliphatic heterocycles. The van der Waals surface area contributed by atoms with Crippen LogP contribution in [0.1, 0.15) is 28.8 Å². The van der Waals surface area contributed by atoms with E-state index in [1.54, 1.807) is 0 Å². The number of aromatic nitrogens is 1. The summed E-state index contributed by atoms with van der Waals surface area (Å²) in [5.41, 5.74) is 0.792. The molecule has 1 heterocycles. The number of hydrogen-bond donors (Lipinski definition) is 3. The molecule has 0 amide bonds. The Balaban J connectivity index is 0.00000338. The van der Waals surface area contributed by atoms with Gasteiger partial charge in [0.2, 0.25) is 0 Å². The van der Waals surface area contributed by atoms with Crippen LogP contribution in [-0.4, -0.2) is 22.6 Å². The van der Waals surface area contributed by atoms with Gasteiger partial charge in [-0.05, 0) is 18.1 Å². The number of aliphatic imine (C=N–C) groups is 1. The van der Waals surface area contributed by atoms with Crippen LogP contribution in [0.3, 0.4) is 0 Å². The van der Waals surface area contributed by atoms with Gasteiger partial charge in [-0.2, -0.15) is 13.2 Å². The Hall–Kier alpha value is -1.40. The number of thiazole rings is 1. The summed E-state index contributed by atoms with van der Waals surface area (Å²) in [7, 11) is 0. The Morgan fingerprint density at radius 1 is 1.23 bits per heavy atom. The third-order valence-electron chi connectivity index (χ3n) is 3.29. The smallest absolute Gasteiger partial charge is 0.392 e. The van der Waals surface area contributed by atoms with Crippen LogP contribution in [0.25, 0.3) is 0 Å². The highest BCUT2D eigenvalue weighted by molar-refractivity contribution is 14.0. The zero-order chi connectivity index (χ0) is 18.3. The van der Waals surface area contributed by atoms with E-state index < -0.39 is 11.9 Å². The topological polar surface area (TPSA) is 69.5 Å². The molecule has 2 aromatic rings. The fourth-order valence-corrected chi connectivity index (χ4v) is 2.79. The average molecular weight is 500 g/mol. The summed E-state index contributed by atoms with van der Waals surface area (Å²) in [6.07, 6.45) is -4.43. The largest absolute Gasteiger partial charge is 0.434 e. The Bertz CT molecular complexity index is 722. The van der Waals surface area contributed by atoms with E-state index in [1.807, 2.05) is 31.2 Å². The van der Waals surface area contributed by atoms with E-state index in [0.717, 1.165) is 27.8 Å². The highest BCUT2D eigenvalue weighted by atomic mass is 127. The van der Waals surface area contributed by atoms with Gasteiger partial charge in [0.25, 0.3) is 0 Å². The number of nitrogens with one attached hydrogen (secondary N) is 2. The first-order valence-electron chi connectivity index (χ1n) is 7.65. The minimum atomic E-state index is -4.43. The van der Waals surface area contributed by atoms with Gasteiger partial charge < -0.3 is 15.7 Å². The van der Waals surface area contributed by atoms with Crippen LogP contribution in [0.2, 0.25) is 0 Å². The number of hydrogen-bond acceptors (Lipinski definition) is 4. The molecule has 1 aromatic heterocycles. The van der Waals surface area contributed by atoms with Gasteiger partial charge in [-0.15, -0.1) is 35.3 Å². The minimum absolute atomic E-state index is 0. The van der Waals surface area contributed by atoms with E-state index in [2.05, 4.69) is 20.6 Å². The predicted octanol–water partition coefficient (Wildman–Crippen LogP) is 3.53. The fourth-order valence-electron chi connectivity index (χ4n) is 2.05. The second-order valence-corrected chi connectivity index (χ2v) is 6.04. The first-order valence-corrected chi connectivity index (χ1v) is 8.53. The second kappa shape index (κ2) is 10.7. The molecule has 0 radical (unpaired) electrons. The zero-order valence-electron chi connectivity index (χ0n) is 14.0. The predicted molar refractivity (Wildman–Crippen MR) is 107 cm³/mol. The molecule has 2 rings (SSSR count). The summed E-state index contributed by atoms with van der Waals surface area (Å²) in [5.74, 6) is 0.471. The molecule has 0 atom stereocenters. The van der Waals surface area contributed by atoms with Crippen molar-refractivity contribution in [3.63, 3.8) is 0 Å². The van der Waals surface area contributed by atoms with Gasteiger partial charge in [-0.3, -0.25) is 0 Å². The summed E-state index contributed by atoms with van der Waals surface area (Å²) in [6.45, 7) is 2.92. The molecule has 1 aromatic carbocycles. The van der Waals surface area contributed by atoms with E-state index in [-0.39, 0.29) is 37.1 Å². The van der Waals surface area contributed by atoms with E-state index in [9.17, 15) is 18.3 Å². The number of guanidine groups is 1. The Kier molecular flexibility index (Phi) is 9.30. The van der Waals surface area contributed by atoms with Crippen LogP contribution >= 0.6 is 35.3 Å². The number of aliphatic hydroxyl groups excluding tert-OH is 1. The summed E-state index contributed by atoms with van der Waals surface area (Å²) in [6, 6.07) is 7.38. The van der Waals surface area contributed by atoms with Gasteiger partial charge in [0.1, 0.15) is 5.01 Å². The van der Waals surface area contributed by atoms with Crippen molar-refractivity contribution in [3.05, 3.63) is 51.5 Å². The third-order valence-corrected chi connectivity index (χ3v) is 4.14. The summed E-state index contributed by atoms with van der Waals surface area (Å²) in [5, 5.41) is 16.6. The maximum absolute atomic E-state index is 12.6. The van der Waals surface area contributed by atoms with Crippen molar-refractivity contribution in [2.75, 3.05) is 6.54 Å². The number of rotatable bonds is 6. The second-order valence-electron chi connectivity index (χ2n) is 5.10. The molecule has 10 heteroatoms. The Morgan fingerprint density at radius 3 is 2.50 bits per heavy atom. The van der Waals surface area contributed by atoms with Crippen molar-refractivity contribution >= 4 is 41.3 Å². The number of benzene rings is 1. The Labute approximate surface area is 170 Å². The lowest BCUT2D eigenvalue weighted by Gasteiger charge is -2.11. The Morgan fingerprint density at radius 2 is 1.92 bits per heavy atom. The number of nitrogens with zero attached hydrogens (tertiary/aromatic N) is 2. The standard InChI is InChI=1S/C16H19F3N4OS.HI/c1-2-20-15(21-7-11-5-3-4-6-12(11)9-24)22-8-14-23-13(10-25-14)16(17,18)19;/h3-6,10,24H,2,7-9H2,1H3,(H2,20,21,22);1H. The number of aliphatic hydroxyl groups is 1. The van der Waals surface area contributed by atoms with Gasteiger partial charge in [-0.1, -0.05) is 24.3 Å². The monoisotopic (exact) mass is 500 g/mol. The molecule has 0 unspecified atom stereocenters. The average Bonchev–Trinajstić information content (AvgIpc) is 3.07. The fraction of sp³-hybridized carbons (Fsp3) is 0.375. The van der Waals surface area contributed by atoms with Gasteiger partial charge >= 0.3 is 6.18 Å². The van der Waals surface area contributed by atoms with Crippen LogP contribution in [-0.2, 0) is 25.9 Å². The quantitative estimate of drug-likeness (QED) is 0.323.